The van der Waals surface area contributed by atoms with Crippen LogP contribution >= 0.6 is 0 Å². The van der Waals surface area contributed by atoms with E-state index in [9.17, 15) is 0 Å². The lowest BCUT2D eigenvalue weighted by atomic mass is 10.1. The first-order valence-electron chi connectivity index (χ1n) is 7.45. The fraction of sp³-hybridized carbons (Fsp3) is 0.278. The Balaban J connectivity index is 1.97. The molecule has 2 heterocycles. The Hall–Kier alpha value is -2.09. The van der Waals surface area contributed by atoms with Crippen molar-refractivity contribution in [1.82, 2.24) is 9.55 Å². The van der Waals surface area contributed by atoms with E-state index >= 15 is 0 Å². The summed E-state index contributed by atoms with van der Waals surface area (Å²) in [7, 11) is 0. The van der Waals surface area contributed by atoms with Gasteiger partial charge in [0.2, 0.25) is 0 Å². The number of benzene rings is 1. The zero-order valence-corrected chi connectivity index (χ0v) is 11.5. The summed E-state index contributed by atoms with van der Waals surface area (Å²) in [6.07, 6.45) is 7.16. The van der Waals surface area contributed by atoms with Gasteiger partial charge in [0.05, 0.1) is 16.7 Å². The van der Waals surface area contributed by atoms with Gasteiger partial charge < -0.3 is 4.57 Å². The van der Waals surface area contributed by atoms with Crippen molar-refractivity contribution in [1.29, 1.82) is 0 Å². The molecule has 2 nitrogen and oxygen atoms in total. The number of fused-ring (bicyclic) bond motifs is 1. The minimum Gasteiger partial charge on any atom is -0.336 e. The summed E-state index contributed by atoms with van der Waals surface area (Å²) in [5, 5.41) is 0. The van der Waals surface area contributed by atoms with Crippen molar-refractivity contribution in [2.75, 3.05) is 0 Å². The van der Waals surface area contributed by atoms with Gasteiger partial charge >= 0.3 is 0 Å². The second kappa shape index (κ2) is 4.78. The molecule has 1 saturated carbocycles. The molecule has 0 spiro atoms. The standard InChI is InChI=1S/C18H18N2/c1-2-7-14(8-3-1)18-13-16-17(11-6-12-19-16)20(18)15-9-4-5-10-15/h1-3,6-8,11-13,15H,4-5,9-10H2. The molecule has 0 bridgehead atoms. The Morgan fingerprint density at radius 3 is 2.55 bits per heavy atom. The summed E-state index contributed by atoms with van der Waals surface area (Å²) in [6, 6.07) is 17.8. The SMILES string of the molecule is c1ccc(-c2cc3ncccc3n2C2CCCC2)cc1. The molecule has 0 unspecified atom stereocenters. The molecule has 0 atom stereocenters. The molecule has 0 saturated heterocycles. The number of hydrogen-bond acceptors (Lipinski definition) is 1. The first-order valence-corrected chi connectivity index (χ1v) is 7.45. The third kappa shape index (κ3) is 1.83. The summed E-state index contributed by atoms with van der Waals surface area (Å²) in [5.74, 6) is 0. The molecule has 4 rings (SSSR count). The molecule has 1 aliphatic carbocycles. The van der Waals surface area contributed by atoms with E-state index in [1.807, 2.05) is 12.3 Å². The van der Waals surface area contributed by atoms with Crippen LogP contribution in [-0.4, -0.2) is 9.55 Å². The zero-order valence-electron chi connectivity index (χ0n) is 11.5. The lowest BCUT2D eigenvalue weighted by Gasteiger charge is -2.17. The topological polar surface area (TPSA) is 17.8 Å². The van der Waals surface area contributed by atoms with E-state index in [1.165, 1.54) is 42.5 Å². The van der Waals surface area contributed by atoms with Crippen LogP contribution in [0.2, 0.25) is 0 Å². The fourth-order valence-corrected chi connectivity index (χ4v) is 3.44. The largest absolute Gasteiger partial charge is 0.336 e. The van der Waals surface area contributed by atoms with Crippen molar-refractivity contribution in [3.8, 4) is 11.3 Å². The van der Waals surface area contributed by atoms with Gasteiger partial charge in [-0.2, -0.15) is 0 Å². The van der Waals surface area contributed by atoms with E-state index in [0.29, 0.717) is 6.04 Å². The average molecular weight is 262 g/mol. The number of rotatable bonds is 2. The second-order valence-corrected chi connectivity index (χ2v) is 5.61. The maximum atomic E-state index is 4.54. The van der Waals surface area contributed by atoms with Gasteiger partial charge in [0, 0.05) is 12.2 Å². The van der Waals surface area contributed by atoms with Crippen molar-refractivity contribution >= 4 is 11.0 Å². The van der Waals surface area contributed by atoms with Crippen LogP contribution in [0.15, 0.2) is 54.7 Å². The molecule has 0 N–H and O–H groups in total. The molecule has 0 radical (unpaired) electrons. The summed E-state index contributed by atoms with van der Waals surface area (Å²) >= 11 is 0. The molecule has 2 heteroatoms. The Morgan fingerprint density at radius 1 is 0.950 bits per heavy atom. The summed E-state index contributed by atoms with van der Waals surface area (Å²) in [5.41, 5.74) is 4.99. The predicted molar refractivity (Wildman–Crippen MR) is 82.7 cm³/mol. The van der Waals surface area contributed by atoms with Crippen LogP contribution in [0.25, 0.3) is 22.3 Å². The molecule has 0 amide bonds. The monoisotopic (exact) mass is 262 g/mol. The van der Waals surface area contributed by atoms with Crippen LogP contribution in [0, 0.1) is 0 Å². The summed E-state index contributed by atoms with van der Waals surface area (Å²) < 4.78 is 2.52. The Bertz CT molecular complexity index is 722. The molecular formula is C18H18N2. The first kappa shape index (κ1) is 11.7. The van der Waals surface area contributed by atoms with Crippen LogP contribution in [-0.2, 0) is 0 Å². The third-order valence-electron chi connectivity index (χ3n) is 4.37. The molecule has 100 valence electrons. The lowest BCUT2D eigenvalue weighted by Crippen LogP contribution is -2.06. The van der Waals surface area contributed by atoms with Crippen molar-refractivity contribution in [3.05, 3.63) is 54.7 Å². The number of aromatic nitrogens is 2. The molecule has 0 aliphatic heterocycles. The molecule has 1 aliphatic rings. The minimum atomic E-state index is 0.631. The number of hydrogen-bond donors (Lipinski definition) is 0. The van der Waals surface area contributed by atoms with E-state index in [-0.39, 0.29) is 0 Å². The van der Waals surface area contributed by atoms with Crippen molar-refractivity contribution in [2.24, 2.45) is 0 Å². The van der Waals surface area contributed by atoms with Crippen LogP contribution in [0.5, 0.6) is 0 Å². The molecule has 3 aromatic rings. The smallest absolute Gasteiger partial charge is 0.0887 e. The third-order valence-corrected chi connectivity index (χ3v) is 4.37. The van der Waals surface area contributed by atoms with Crippen LogP contribution < -0.4 is 0 Å². The summed E-state index contributed by atoms with van der Waals surface area (Å²) in [6.45, 7) is 0. The first-order chi connectivity index (χ1) is 9.93. The van der Waals surface area contributed by atoms with Gasteiger partial charge in [0.15, 0.2) is 0 Å². The van der Waals surface area contributed by atoms with Crippen molar-refractivity contribution in [2.45, 2.75) is 31.7 Å². The van der Waals surface area contributed by atoms with Gasteiger partial charge in [-0.3, -0.25) is 4.98 Å². The fourth-order valence-electron chi connectivity index (χ4n) is 3.44. The Labute approximate surface area is 119 Å². The van der Waals surface area contributed by atoms with Gasteiger partial charge in [-0.25, -0.2) is 0 Å². The predicted octanol–water partition coefficient (Wildman–Crippen LogP) is 4.82. The molecule has 1 aromatic carbocycles. The highest BCUT2D eigenvalue weighted by Crippen LogP contribution is 2.37. The quantitative estimate of drug-likeness (QED) is 0.647. The molecular weight excluding hydrogens is 244 g/mol. The van der Waals surface area contributed by atoms with Crippen molar-refractivity contribution in [3.63, 3.8) is 0 Å². The Morgan fingerprint density at radius 2 is 1.75 bits per heavy atom. The van der Waals surface area contributed by atoms with E-state index in [4.69, 9.17) is 0 Å². The zero-order chi connectivity index (χ0) is 13.4. The van der Waals surface area contributed by atoms with Crippen LogP contribution in [0.4, 0.5) is 0 Å². The molecule has 20 heavy (non-hydrogen) atoms. The van der Waals surface area contributed by atoms with Crippen LogP contribution in [0.1, 0.15) is 31.7 Å². The van der Waals surface area contributed by atoms with Gasteiger partial charge in [-0.15, -0.1) is 0 Å². The maximum absolute atomic E-state index is 4.54. The van der Waals surface area contributed by atoms with E-state index < -0.39 is 0 Å². The second-order valence-electron chi connectivity index (χ2n) is 5.61. The van der Waals surface area contributed by atoms with Gasteiger partial charge in [-0.05, 0) is 36.6 Å². The van der Waals surface area contributed by atoms with Crippen molar-refractivity contribution < 1.29 is 0 Å². The summed E-state index contributed by atoms with van der Waals surface area (Å²) in [4.78, 5) is 4.54. The highest BCUT2D eigenvalue weighted by molar-refractivity contribution is 5.84. The number of pyridine rings is 1. The normalized spacial score (nSPS) is 16.0. The number of nitrogens with zero attached hydrogens (tertiary/aromatic N) is 2. The van der Waals surface area contributed by atoms with Gasteiger partial charge in [0.25, 0.3) is 0 Å². The van der Waals surface area contributed by atoms with Gasteiger partial charge in [0.1, 0.15) is 0 Å². The lowest BCUT2D eigenvalue weighted by molar-refractivity contribution is 0.540. The van der Waals surface area contributed by atoms with Crippen LogP contribution in [0.3, 0.4) is 0 Å². The molecule has 1 fully saturated rings. The van der Waals surface area contributed by atoms with E-state index in [1.54, 1.807) is 0 Å². The van der Waals surface area contributed by atoms with Gasteiger partial charge in [-0.1, -0.05) is 43.2 Å². The Kier molecular flexibility index (Phi) is 2.80. The maximum Gasteiger partial charge on any atom is 0.0887 e. The van der Waals surface area contributed by atoms with E-state index in [0.717, 1.165) is 5.52 Å². The van der Waals surface area contributed by atoms with E-state index in [2.05, 4.69) is 52.0 Å². The highest BCUT2D eigenvalue weighted by Gasteiger charge is 2.22. The highest BCUT2D eigenvalue weighted by atomic mass is 15.0. The minimum absolute atomic E-state index is 0.631. The average Bonchev–Trinajstić information content (AvgIpc) is 3.14. The molecule has 2 aromatic heterocycles.